The molecule has 0 unspecified atom stereocenters. The highest BCUT2D eigenvalue weighted by Crippen LogP contribution is 2.20. The Balaban J connectivity index is 1.46. The molecule has 5 nitrogen and oxygen atoms in total. The molecule has 1 aliphatic rings. The van der Waals surface area contributed by atoms with Gasteiger partial charge in [-0.05, 0) is 49.2 Å². The van der Waals surface area contributed by atoms with Crippen molar-refractivity contribution in [3.05, 3.63) is 65.2 Å². The Morgan fingerprint density at radius 2 is 1.71 bits per heavy atom. The highest BCUT2D eigenvalue weighted by atomic mass is 16.3. The summed E-state index contributed by atoms with van der Waals surface area (Å²) in [5, 5.41) is 13.1. The fraction of sp³-hybridized carbons (Fsp3) is 0.435. The largest absolute Gasteiger partial charge is 0.507 e. The predicted octanol–water partition coefficient (Wildman–Crippen LogP) is 2.74. The van der Waals surface area contributed by atoms with Crippen LogP contribution in [0.1, 0.15) is 34.8 Å². The number of likely N-dealkylation sites (N-methyl/N-ethyl adjacent to an activating group) is 1. The van der Waals surface area contributed by atoms with E-state index in [0.29, 0.717) is 12.1 Å². The average molecular weight is 382 g/mol. The van der Waals surface area contributed by atoms with Gasteiger partial charge in [-0.3, -0.25) is 4.79 Å². The molecule has 2 aromatic rings. The van der Waals surface area contributed by atoms with Gasteiger partial charge in [-0.1, -0.05) is 43.3 Å². The van der Waals surface area contributed by atoms with Crippen LogP contribution in [0, 0.1) is 0 Å². The maximum absolute atomic E-state index is 12.5. The molecule has 1 aliphatic heterocycles. The summed E-state index contributed by atoms with van der Waals surface area (Å²) in [7, 11) is 0. The van der Waals surface area contributed by atoms with E-state index in [1.165, 1.54) is 5.56 Å². The Bertz CT molecular complexity index is 756. The van der Waals surface area contributed by atoms with Crippen LogP contribution in [0.25, 0.3) is 0 Å². The number of nitrogens with one attached hydrogen (secondary N) is 1. The first-order valence-electron chi connectivity index (χ1n) is 10.2. The Morgan fingerprint density at radius 3 is 2.43 bits per heavy atom. The molecule has 0 aliphatic carbocycles. The number of phenols is 1. The smallest absolute Gasteiger partial charge is 0.255 e. The third-order valence-corrected chi connectivity index (χ3v) is 5.41. The van der Waals surface area contributed by atoms with E-state index in [1.807, 2.05) is 24.3 Å². The number of benzene rings is 2. The SMILES string of the molecule is CCN1CCN(CCCNC(=O)c2cc(Cc3ccccc3)ccc2O)CC1. The summed E-state index contributed by atoms with van der Waals surface area (Å²) in [6.07, 6.45) is 1.66. The van der Waals surface area contributed by atoms with E-state index in [1.54, 1.807) is 12.1 Å². The van der Waals surface area contributed by atoms with E-state index < -0.39 is 0 Å². The molecule has 0 saturated carbocycles. The second-order valence-corrected chi connectivity index (χ2v) is 7.40. The first kappa shape index (κ1) is 20.4. The van der Waals surface area contributed by atoms with Crippen molar-refractivity contribution in [1.82, 2.24) is 15.1 Å². The lowest BCUT2D eigenvalue weighted by Crippen LogP contribution is -2.46. The van der Waals surface area contributed by atoms with E-state index in [9.17, 15) is 9.90 Å². The van der Waals surface area contributed by atoms with Crippen LogP contribution in [-0.4, -0.2) is 66.6 Å². The van der Waals surface area contributed by atoms with Crippen molar-refractivity contribution in [2.45, 2.75) is 19.8 Å². The number of amides is 1. The van der Waals surface area contributed by atoms with Crippen molar-refractivity contribution >= 4 is 5.91 Å². The van der Waals surface area contributed by atoms with Gasteiger partial charge in [-0.2, -0.15) is 0 Å². The fourth-order valence-corrected chi connectivity index (χ4v) is 3.64. The molecule has 28 heavy (non-hydrogen) atoms. The summed E-state index contributed by atoms with van der Waals surface area (Å²) in [5.74, 6) is -0.173. The molecular formula is C23H31N3O2. The second-order valence-electron chi connectivity index (χ2n) is 7.40. The van der Waals surface area contributed by atoms with Crippen LogP contribution in [0.3, 0.4) is 0 Å². The van der Waals surface area contributed by atoms with Gasteiger partial charge in [-0.25, -0.2) is 0 Å². The van der Waals surface area contributed by atoms with Crippen LogP contribution in [0.4, 0.5) is 0 Å². The van der Waals surface area contributed by atoms with Crippen LogP contribution >= 0.6 is 0 Å². The molecule has 1 saturated heterocycles. The number of hydrogen-bond donors (Lipinski definition) is 2. The molecule has 1 amide bonds. The van der Waals surface area contributed by atoms with E-state index >= 15 is 0 Å². The van der Waals surface area contributed by atoms with Gasteiger partial charge in [0, 0.05) is 32.7 Å². The van der Waals surface area contributed by atoms with Crippen molar-refractivity contribution in [3.8, 4) is 5.75 Å². The minimum Gasteiger partial charge on any atom is -0.507 e. The van der Waals surface area contributed by atoms with Crippen molar-refractivity contribution in [2.24, 2.45) is 0 Å². The highest BCUT2D eigenvalue weighted by molar-refractivity contribution is 5.97. The van der Waals surface area contributed by atoms with Crippen LogP contribution in [0.2, 0.25) is 0 Å². The van der Waals surface area contributed by atoms with Gasteiger partial charge in [-0.15, -0.1) is 0 Å². The number of piperazine rings is 1. The van der Waals surface area contributed by atoms with Crippen LogP contribution in [0.5, 0.6) is 5.75 Å². The number of carbonyl (C=O) groups excluding carboxylic acids is 1. The van der Waals surface area contributed by atoms with Crippen molar-refractivity contribution < 1.29 is 9.90 Å². The highest BCUT2D eigenvalue weighted by Gasteiger charge is 2.15. The summed E-state index contributed by atoms with van der Waals surface area (Å²) in [5.41, 5.74) is 2.55. The summed E-state index contributed by atoms with van der Waals surface area (Å²) in [4.78, 5) is 17.4. The normalized spacial score (nSPS) is 15.5. The lowest BCUT2D eigenvalue weighted by Gasteiger charge is -2.33. The molecule has 0 aromatic heterocycles. The molecule has 1 heterocycles. The summed E-state index contributed by atoms with van der Waals surface area (Å²) >= 11 is 0. The third kappa shape index (κ3) is 5.81. The molecule has 0 atom stereocenters. The molecule has 150 valence electrons. The lowest BCUT2D eigenvalue weighted by molar-refractivity contribution is 0.0945. The number of aromatic hydroxyl groups is 1. The first-order chi connectivity index (χ1) is 13.7. The van der Waals surface area contributed by atoms with Gasteiger partial charge in [0.05, 0.1) is 5.56 Å². The molecule has 0 bridgehead atoms. The number of phenolic OH excluding ortho intramolecular Hbond substituents is 1. The predicted molar refractivity (Wildman–Crippen MR) is 113 cm³/mol. The molecular weight excluding hydrogens is 350 g/mol. The van der Waals surface area contributed by atoms with Crippen LogP contribution in [-0.2, 0) is 6.42 Å². The van der Waals surface area contributed by atoms with Gasteiger partial charge in [0.25, 0.3) is 5.91 Å². The quantitative estimate of drug-likeness (QED) is 0.691. The van der Waals surface area contributed by atoms with Gasteiger partial charge in [0.15, 0.2) is 0 Å². The maximum Gasteiger partial charge on any atom is 0.255 e. The lowest BCUT2D eigenvalue weighted by atomic mass is 10.0. The molecule has 2 N–H and O–H groups in total. The van der Waals surface area contributed by atoms with Gasteiger partial charge in [0.1, 0.15) is 5.75 Å². The summed E-state index contributed by atoms with van der Waals surface area (Å²) in [6.45, 7) is 9.41. The monoisotopic (exact) mass is 381 g/mol. The third-order valence-electron chi connectivity index (χ3n) is 5.41. The van der Waals surface area contributed by atoms with Crippen LogP contribution in [0.15, 0.2) is 48.5 Å². The summed E-state index contributed by atoms with van der Waals surface area (Å²) in [6, 6.07) is 15.4. The van der Waals surface area contributed by atoms with E-state index in [2.05, 4.69) is 34.2 Å². The van der Waals surface area contributed by atoms with Gasteiger partial charge >= 0.3 is 0 Å². The molecule has 0 spiro atoms. The number of carbonyl (C=O) groups is 1. The van der Waals surface area contributed by atoms with E-state index in [-0.39, 0.29) is 11.7 Å². The zero-order valence-corrected chi connectivity index (χ0v) is 16.7. The molecule has 5 heteroatoms. The average Bonchev–Trinajstić information content (AvgIpc) is 2.73. The van der Waals surface area contributed by atoms with Crippen molar-refractivity contribution in [2.75, 3.05) is 45.8 Å². The molecule has 0 radical (unpaired) electrons. The molecule has 1 fully saturated rings. The Labute approximate surface area is 168 Å². The zero-order chi connectivity index (χ0) is 19.8. The van der Waals surface area contributed by atoms with Crippen molar-refractivity contribution in [1.29, 1.82) is 0 Å². The van der Waals surface area contributed by atoms with E-state index in [4.69, 9.17) is 0 Å². The maximum atomic E-state index is 12.5. The standard InChI is InChI=1S/C23H31N3O2/c1-2-25-13-15-26(16-14-25)12-6-11-24-23(28)21-18-20(9-10-22(21)27)17-19-7-4-3-5-8-19/h3-5,7-10,18,27H,2,6,11-17H2,1H3,(H,24,28). The van der Waals surface area contributed by atoms with Gasteiger partial charge < -0.3 is 20.2 Å². The Morgan fingerprint density at radius 1 is 1.00 bits per heavy atom. The first-order valence-corrected chi connectivity index (χ1v) is 10.2. The molecule has 3 rings (SSSR count). The minimum atomic E-state index is -0.205. The van der Waals surface area contributed by atoms with Crippen molar-refractivity contribution in [3.63, 3.8) is 0 Å². The minimum absolute atomic E-state index is 0.0324. The number of hydrogen-bond acceptors (Lipinski definition) is 4. The van der Waals surface area contributed by atoms with Crippen LogP contribution < -0.4 is 5.32 Å². The summed E-state index contributed by atoms with van der Waals surface area (Å²) < 4.78 is 0. The topological polar surface area (TPSA) is 55.8 Å². The zero-order valence-electron chi connectivity index (χ0n) is 16.7. The Hall–Kier alpha value is -2.37. The number of rotatable bonds is 8. The van der Waals surface area contributed by atoms with Gasteiger partial charge in [0.2, 0.25) is 0 Å². The van der Waals surface area contributed by atoms with E-state index in [0.717, 1.165) is 57.7 Å². The second kappa shape index (κ2) is 10.2. The fourth-order valence-electron chi connectivity index (χ4n) is 3.64. The molecule has 2 aromatic carbocycles. The Kier molecular flexibility index (Phi) is 7.46. The number of nitrogens with zero attached hydrogens (tertiary/aromatic N) is 2.